The van der Waals surface area contributed by atoms with E-state index in [0.717, 1.165) is 38.9 Å². The van der Waals surface area contributed by atoms with Crippen molar-refractivity contribution in [1.82, 2.24) is 19.9 Å². The molecular weight excluding hydrogens is 621 g/mol. The fourth-order valence-electron chi connectivity index (χ4n) is 7.29. The van der Waals surface area contributed by atoms with Crippen LogP contribution < -0.4 is 0 Å². The van der Waals surface area contributed by atoms with E-state index in [2.05, 4.69) is 177 Å². The number of hydrogen-bond acceptors (Lipinski definition) is 4. The van der Waals surface area contributed by atoms with Crippen molar-refractivity contribution in [3.05, 3.63) is 144 Å². The molecule has 8 rings (SSSR count). The Balaban J connectivity index is 1.18. The maximum atomic E-state index is 5.14. The Bertz CT molecular complexity index is 2370. The van der Waals surface area contributed by atoms with Gasteiger partial charge in [-0.15, -0.1) is 0 Å². The molecule has 0 radical (unpaired) electrons. The Morgan fingerprint density at radius 3 is 1.53 bits per heavy atom. The van der Waals surface area contributed by atoms with Gasteiger partial charge in [0.1, 0.15) is 0 Å². The zero-order valence-electron chi connectivity index (χ0n) is 30.8. The van der Waals surface area contributed by atoms with Gasteiger partial charge in [0.15, 0.2) is 17.5 Å². The van der Waals surface area contributed by atoms with Crippen molar-refractivity contribution in [1.29, 1.82) is 0 Å². The molecule has 0 atom stereocenters. The van der Waals surface area contributed by atoms with Gasteiger partial charge in [0, 0.05) is 33.1 Å². The third kappa shape index (κ3) is 5.93. The molecule has 0 amide bonds. The fourth-order valence-corrected chi connectivity index (χ4v) is 7.29. The van der Waals surface area contributed by atoms with E-state index in [0.29, 0.717) is 17.5 Å². The highest BCUT2D eigenvalue weighted by molar-refractivity contribution is 5.87. The minimum Gasteiger partial charge on any atom is -0.248 e. The van der Waals surface area contributed by atoms with Gasteiger partial charge >= 0.3 is 0 Å². The minimum atomic E-state index is -0.0564. The monoisotopic (exact) mass is 664 g/mol. The van der Waals surface area contributed by atoms with E-state index in [4.69, 9.17) is 19.9 Å². The van der Waals surface area contributed by atoms with Gasteiger partial charge in [0.2, 0.25) is 0 Å². The van der Waals surface area contributed by atoms with E-state index in [-0.39, 0.29) is 16.2 Å². The van der Waals surface area contributed by atoms with Gasteiger partial charge in [0.25, 0.3) is 0 Å². The Kier molecular flexibility index (Phi) is 7.57. The fraction of sp³-hybridized carbons (Fsp3) is 0.234. The van der Waals surface area contributed by atoms with E-state index >= 15 is 0 Å². The number of pyridine rings is 1. The Labute approximate surface area is 301 Å². The predicted octanol–water partition coefficient (Wildman–Crippen LogP) is 12.0. The van der Waals surface area contributed by atoms with Crippen LogP contribution in [0.15, 0.2) is 121 Å². The zero-order valence-corrected chi connectivity index (χ0v) is 30.8. The Morgan fingerprint density at radius 2 is 0.941 bits per heavy atom. The number of aromatic nitrogens is 4. The topological polar surface area (TPSA) is 51.6 Å². The van der Waals surface area contributed by atoms with Crippen LogP contribution in [0.25, 0.3) is 67.5 Å². The van der Waals surface area contributed by atoms with Crippen LogP contribution in [0.5, 0.6) is 0 Å². The van der Waals surface area contributed by atoms with E-state index in [1.165, 1.54) is 33.4 Å². The largest absolute Gasteiger partial charge is 0.248 e. The Morgan fingerprint density at radius 1 is 0.431 bits per heavy atom. The highest BCUT2D eigenvalue weighted by Crippen LogP contribution is 2.49. The molecular formula is C47H44N4. The summed E-state index contributed by atoms with van der Waals surface area (Å²) in [6.07, 6.45) is 0. The molecule has 7 aromatic rings. The first-order valence-electron chi connectivity index (χ1n) is 17.9. The number of nitrogens with zero attached hydrogens (tertiary/aromatic N) is 4. The third-order valence-corrected chi connectivity index (χ3v) is 10.5. The molecule has 4 nitrogen and oxygen atoms in total. The van der Waals surface area contributed by atoms with Crippen molar-refractivity contribution in [3.63, 3.8) is 0 Å². The first kappa shape index (κ1) is 32.7. The summed E-state index contributed by atoms with van der Waals surface area (Å²) in [4.78, 5) is 20.2. The molecule has 0 N–H and O–H groups in total. The summed E-state index contributed by atoms with van der Waals surface area (Å²) in [5, 5.41) is 1.04. The highest BCUT2D eigenvalue weighted by Gasteiger charge is 2.35. The average Bonchev–Trinajstić information content (AvgIpc) is 3.36. The summed E-state index contributed by atoms with van der Waals surface area (Å²) in [5.74, 6) is 1.96. The molecule has 2 aromatic heterocycles. The predicted molar refractivity (Wildman–Crippen MR) is 212 cm³/mol. The lowest BCUT2D eigenvalue weighted by Crippen LogP contribution is -2.14. The molecule has 51 heavy (non-hydrogen) atoms. The molecule has 252 valence electrons. The maximum Gasteiger partial charge on any atom is 0.164 e. The summed E-state index contributed by atoms with van der Waals surface area (Å²) in [5.41, 5.74) is 13.9. The minimum absolute atomic E-state index is 0.0564. The van der Waals surface area contributed by atoms with Gasteiger partial charge in [-0.2, -0.15) is 0 Å². The van der Waals surface area contributed by atoms with Gasteiger partial charge in [0.05, 0.1) is 11.2 Å². The number of hydrogen-bond donors (Lipinski definition) is 0. The van der Waals surface area contributed by atoms with Crippen molar-refractivity contribution < 1.29 is 0 Å². The van der Waals surface area contributed by atoms with Gasteiger partial charge in [-0.1, -0.05) is 146 Å². The summed E-state index contributed by atoms with van der Waals surface area (Å²) < 4.78 is 0. The van der Waals surface area contributed by atoms with Crippen LogP contribution in [0.2, 0.25) is 0 Å². The molecule has 0 unspecified atom stereocenters. The second kappa shape index (κ2) is 11.8. The Hall–Kier alpha value is -5.48. The van der Waals surface area contributed by atoms with Crippen LogP contribution in [-0.2, 0) is 16.2 Å². The average molecular weight is 665 g/mol. The van der Waals surface area contributed by atoms with Crippen LogP contribution >= 0.6 is 0 Å². The van der Waals surface area contributed by atoms with Gasteiger partial charge in [-0.05, 0) is 74.5 Å². The maximum absolute atomic E-state index is 5.14. The van der Waals surface area contributed by atoms with Crippen molar-refractivity contribution in [2.24, 2.45) is 0 Å². The first-order valence-corrected chi connectivity index (χ1v) is 17.9. The molecule has 5 aromatic carbocycles. The van der Waals surface area contributed by atoms with E-state index in [1.54, 1.807) is 0 Å². The van der Waals surface area contributed by atoms with E-state index in [1.807, 2.05) is 0 Å². The van der Waals surface area contributed by atoms with Crippen LogP contribution in [0.3, 0.4) is 0 Å². The standard InChI is InChI=1S/C47H44N4/c1-45(2,3)34-20-13-29(14-21-34)42-49-43(30-15-22-35(23-16-30)46(4,5)6)51-44(50-42)33-19-26-40-31(27-33)18-25-41(48-40)32-17-24-37-36-11-9-10-12-38(36)47(7,8)39(37)28-32/h9-28H,1-8H3. The van der Waals surface area contributed by atoms with Crippen molar-refractivity contribution >= 4 is 10.9 Å². The molecule has 0 spiro atoms. The summed E-state index contributed by atoms with van der Waals surface area (Å²) in [6.45, 7) is 18.0. The number of benzene rings is 5. The quantitative estimate of drug-likeness (QED) is 0.188. The molecule has 1 aliphatic carbocycles. The molecule has 1 aliphatic rings. The van der Waals surface area contributed by atoms with Crippen LogP contribution in [0, 0.1) is 0 Å². The lowest BCUT2D eigenvalue weighted by atomic mass is 9.82. The number of fused-ring (bicyclic) bond motifs is 4. The third-order valence-electron chi connectivity index (χ3n) is 10.5. The second-order valence-electron chi connectivity index (χ2n) is 16.5. The van der Waals surface area contributed by atoms with Crippen LogP contribution in [0.1, 0.15) is 77.6 Å². The van der Waals surface area contributed by atoms with Crippen molar-refractivity contribution in [2.75, 3.05) is 0 Å². The first-order chi connectivity index (χ1) is 24.3. The highest BCUT2D eigenvalue weighted by atomic mass is 15.0. The lowest BCUT2D eigenvalue weighted by molar-refractivity contribution is 0.590. The van der Waals surface area contributed by atoms with E-state index < -0.39 is 0 Å². The summed E-state index contributed by atoms with van der Waals surface area (Å²) >= 11 is 0. The van der Waals surface area contributed by atoms with Gasteiger partial charge < -0.3 is 0 Å². The molecule has 0 fully saturated rings. The van der Waals surface area contributed by atoms with Gasteiger partial charge in [-0.25, -0.2) is 19.9 Å². The molecule has 0 saturated heterocycles. The van der Waals surface area contributed by atoms with Crippen molar-refractivity contribution in [2.45, 2.75) is 71.6 Å². The van der Waals surface area contributed by atoms with E-state index in [9.17, 15) is 0 Å². The molecule has 4 heteroatoms. The number of rotatable bonds is 4. The smallest absolute Gasteiger partial charge is 0.164 e. The zero-order chi connectivity index (χ0) is 35.7. The normalized spacial score (nSPS) is 13.6. The van der Waals surface area contributed by atoms with Crippen LogP contribution in [-0.4, -0.2) is 19.9 Å². The molecule has 0 bridgehead atoms. The second-order valence-corrected chi connectivity index (χ2v) is 16.5. The van der Waals surface area contributed by atoms with Gasteiger partial charge in [-0.3, -0.25) is 0 Å². The van der Waals surface area contributed by atoms with Crippen LogP contribution in [0.4, 0.5) is 0 Å². The lowest BCUT2D eigenvalue weighted by Gasteiger charge is -2.21. The SMILES string of the molecule is CC(C)(C)c1ccc(-c2nc(-c3ccc(C(C)(C)C)cc3)nc(-c3ccc4nc(-c5ccc6c(c5)C(C)(C)c5ccccc5-6)ccc4c3)n2)cc1. The summed E-state index contributed by atoms with van der Waals surface area (Å²) in [7, 11) is 0. The van der Waals surface area contributed by atoms with Crippen molar-refractivity contribution in [3.8, 4) is 56.5 Å². The molecule has 2 heterocycles. The summed E-state index contributed by atoms with van der Waals surface area (Å²) in [6, 6.07) is 43.3. The molecule has 0 aliphatic heterocycles. The molecule has 0 saturated carbocycles.